The molecule has 6 rings (SSSR count). The second-order valence-electron chi connectivity index (χ2n) is 9.10. The Balaban J connectivity index is 1.53. The van der Waals surface area contributed by atoms with E-state index in [2.05, 4.69) is 22.9 Å². The lowest BCUT2D eigenvalue weighted by Crippen LogP contribution is -2.79. The first kappa shape index (κ1) is 16.3. The van der Waals surface area contributed by atoms with Crippen LogP contribution in [-0.4, -0.2) is 58.0 Å². The number of hydrogen-bond donors (Lipinski definition) is 0. The van der Waals surface area contributed by atoms with Gasteiger partial charge in [0.05, 0.1) is 6.17 Å². The average molecular weight is 344 g/mol. The third-order valence-electron chi connectivity index (χ3n) is 7.84. The SMILES string of the molecule is CCC[C@@H]1C2CC3CN1[C@H]1CCC[C@H]3N1[C@H]2C1=CN(C(C)=O)CCC1. The third kappa shape index (κ3) is 2.36. The predicted molar refractivity (Wildman–Crippen MR) is 98.8 cm³/mol. The van der Waals surface area contributed by atoms with Gasteiger partial charge in [-0.3, -0.25) is 14.6 Å². The molecule has 0 N–H and O–H groups in total. The molecule has 1 amide bonds. The van der Waals surface area contributed by atoms with Gasteiger partial charge in [-0.25, -0.2) is 0 Å². The third-order valence-corrected chi connectivity index (χ3v) is 7.84. The van der Waals surface area contributed by atoms with Crippen molar-refractivity contribution in [3.8, 4) is 0 Å². The Morgan fingerprint density at radius 2 is 2.16 bits per heavy atom. The smallest absolute Gasteiger partial charge is 0.223 e. The number of amides is 1. The quantitative estimate of drug-likeness (QED) is 0.787. The van der Waals surface area contributed by atoms with Crippen LogP contribution in [0.25, 0.3) is 0 Å². The molecular weight excluding hydrogens is 310 g/mol. The van der Waals surface area contributed by atoms with Gasteiger partial charge in [0.1, 0.15) is 0 Å². The Morgan fingerprint density at radius 1 is 1.28 bits per heavy atom. The van der Waals surface area contributed by atoms with Crippen molar-refractivity contribution in [2.45, 2.75) is 89.5 Å². The molecular formula is C21H33N3O. The number of nitrogens with zero attached hydrogens (tertiary/aromatic N) is 3. The van der Waals surface area contributed by atoms with Gasteiger partial charge in [0, 0.05) is 44.3 Å². The van der Waals surface area contributed by atoms with Crippen LogP contribution in [0.15, 0.2) is 11.8 Å². The average Bonchev–Trinajstić information content (AvgIpc) is 2.62. The van der Waals surface area contributed by atoms with Gasteiger partial charge in [0.2, 0.25) is 5.91 Å². The summed E-state index contributed by atoms with van der Waals surface area (Å²) in [6.07, 6.45) is 13.5. The van der Waals surface area contributed by atoms with Crippen LogP contribution in [0.5, 0.6) is 0 Å². The molecule has 5 fully saturated rings. The van der Waals surface area contributed by atoms with Crippen LogP contribution in [-0.2, 0) is 4.79 Å². The van der Waals surface area contributed by atoms with E-state index in [1.807, 2.05) is 4.90 Å². The highest BCUT2D eigenvalue weighted by Gasteiger charge is 2.60. The monoisotopic (exact) mass is 343 g/mol. The van der Waals surface area contributed by atoms with Crippen molar-refractivity contribution < 1.29 is 4.79 Å². The van der Waals surface area contributed by atoms with Gasteiger partial charge in [-0.1, -0.05) is 13.3 Å². The Kier molecular flexibility index (Phi) is 3.97. The Morgan fingerprint density at radius 3 is 2.96 bits per heavy atom. The number of rotatable bonds is 3. The normalized spacial score (nSPS) is 47.8. The van der Waals surface area contributed by atoms with Gasteiger partial charge in [-0.05, 0) is 62.4 Å². The highest BCUT2D eigenvalue weighted by Crippen LogP contribution is 2.54. The number of hydrogen-bond acceptors (Lipinski definition) is 3. The molecule has 0 spiro atoms. The van der Waals surface area contributed by atoms with E-state index in [1.54, 1.807) is 12.5 Å². The summed E-state index contributed by atoms with van der Waals surface area (Å²) in [5.74, 6) is 1.91. The minimum absolute atomic E-state index is 0.213. The van der Waals surface area contributed by atoms with Crippen molar-refractivity contribution in [3.05, 3.63) is 11.8 Å². The molecule has 0 aliphatic carbocycles. The molecule has 25 heavy (non-hydrogen) atoms. The molecule has 6 heterocycles. The maximum absolute atomic E-state index is 12.0. The molecule has 0 saturated carbocycles. The molecule has 5 saturated heterocycles. The predicted octanol–water partition coefficient (Wildman–Crippen LogP) is 3.20. The fraction of sp³-hybridized carbons (Fsp3) is 0.857. The minimum Gasteiger partial charge on any atom is -0.319 e. The van der Waals surface area contributed by atoms with E-state index in [4.69, 9.17) is 0 Å². The molecule has 0 aromatic rings. The highest BCUT2D eigenvalue weighted by molar-refractivity contribution is 5.74. The molecule has 4 unspecified atom stereocenters. The van der Waals surface area contributed by atoms with E-state index in [9.17, 15) is 4.79 Å². The first-order valence-corrected chi connectivity index (χ1v) is 10.7. The molecule has 0 aromatic carbocycles. The van der Waals surface area contributed by atoms with Crippen LogP contribution in [0.4, 0.5) is 0 Å². The summed E-state index contributed by atoms with van der Waals surface area (Å²) in [5, 5.41) is 0. The van der Waals surface area contributed by atoms with Crippen molar-refractivity contribution in [2.75, 3.05) is 13.1 Å². The summed E-state index contributed by atoms with van der Waals surface area (Å²) in [4.78, 5) is 19.8. The standard InChI is InChI=1S/C21H33N3O/c1-3-6-19-17-11-16-13-23(19)20-9-4-8-18(16)24(20)21(17)15-7-5-10-22(12-15)14(2)25/h12,16-21H,3-11,13H2,1-2H3/t16?,17?,18-,19-,20-,21+/m1/s1. The first-order valence-electron chi connectivity index (χ1n) is 10.7. The van der Waals surface area contributed by atoms with E-state index in [0.717, 1.165) is 36.9 Å². The van der Waals surface area contributed by atoms with Crippen molar-refractivity contribution in [3.63, 3.8) is 0 Å². The van der Waals surface area contributed by atoms with Crippen molar-refractivity contribution in [2.24, 2.45) is 11.8 Å². The summed E-state index contributed by atoms with van der Waals surface area (Å²) >= 11 is 0. The molecule has 8 atom stereocenters. The Labute approximate surface area is 152 Å². The maximum Gasteiger partial charge on any atom is 0.223 e. The van der Waals surface area contributed by atoms with E-state index in [1.165, 1.54) is 51.5 Å². The molecule has 6 bridgehead atoms. The van der Waals surface area contributed by atoms with Gasteiger partial charge in [0.15, 0.2) is 0 Å². The van der Waals surface area contributed by atoms with Crippen LogP contribution in [0.1, 0.15) is 65.2 Å². The number of carbonyl (C=O) groups excluding carboxylic acids is 1. The minimum atomic E-state index is 0.213. The van der Waals surface area contributed by atoms with E-state index >= 15 is 0 Å². The fourth-order valence-electron chi connectivity index (χ4n) is 7.05. The van der Waals surface area contributed by atoms with E-state index in [0.29, 0.717) is 12.2 Å². The summed E-state index contributed by atoms with van der Waals surface area (Å²) in [6, 6.07) is 2.20. The molecule has 0 aromatic heterocycles. The second kappa shape index (κ2) is 6.09. The zero-order valence-electron chi connectivity index (χ0n) is 15.9. The lowest BCUT2D eigenvalue weighted by atomic mass is 9.62. The van der Waals surface area contributed by atoms with Gasteiger partial charge in [-0.15, -0.1) is 0 Å². The lowest BCUT2D eigenvalue weighted by molar-refractivity contribution is -0.226. The zero-order valence-corrected chi connectivity index (χ0v) is 15.9. The Hall–Kier alpha value is -0.870. The highest BCUT2D eigenvalue weighted by atomic mass is 16.2. The number of piperidine rings is 3. The van der Waals surface area contributed by atoms with Crippen LogP contribution >= 0.6 is 0 Å². The van der Waals surface area contributed by atoms with Crippen molar-refractivity contribution in [1.29, 1.82) is 0 Å². The summed E-state index contributed by atoms with van der Waals surface area (Å²) in [7, 11) is 0. The van der Waals surface area contributed by atoms with Gasteiger partial charge >= 0.3 is 0 Å². The van der Waals surface area contributed by atoms with Crippen LogP contribution in [0.3, 0.4) is 0 Å². The van der Waals surface area contributed by atoms with Gasteiger partial charge in [-0.2, -0.15) is 0 Å². The van der Waals surface area contributed by atoms with Gasteiger partial charge < -0.3 is 4.90 Å². The molecule has 4 nitrogen and oxygen atoms in total. The first-order chi connectivity index (χ1) is 12.2. The largest absolute Gasteiger partial charge is 0.319 e. The van der Waals surface area contributed by atoms with E-state index in [-0.39, 0.29) is 5.91 Å². The van der Waals surface area contributed by atoms with Gasteiger partial charge in [0.25, 0.3) is 0 Å². The summed E-state index contributed by atoms with van der Waals surface area (Å²) < 4.78 is 0. The second-order valence-corrected chi connectivity index (χ2v) is 9.10. The summed E-state index contributed by atoms with van der Waals surface area (Å²) in [6.45, 7) is 6.34. The maximum atomic E-state index is 12.0. The number of carbonyl (C=O) groups is 1. The zero-order chi connectivity index (χ0) is 17.1. The summed E-state index contributed by atoms with van der Waals surface area (Å²) in [5.41, 5.74) is 1.57. The van der Waals surface area contributed by atoms with Crippen LogP contribution in [0.2, 0.25) is 0 Å². The lowest BCUT2D eigenvalue weighted by Gasteiger charge is -2.70. The molecule has 6 aliphatic rings. The molecule has 4 heteroatoms. The van der Waals surface area contributed by atoms with Crippen molar-refractivity contribution >= 4 is 5.91 Å². The van der Waals surface area contributed by atoms with Crippen LogP contribution < -0.4 is 0 Å². The topological polar surface area (TPSA) is 26.8 Å². The molecule has 0 radical (unpaired) electrons. The fourth-order valence-corrected chi connectivity index (χ4v) is 7.05. The molecule has 138 valence electrons. The van der Waals surface area contributed by atoms with Crippen molar-refractivity contribution in [1.82, 2.24) is 14.7 Å². The van der Waals surface area contributed by atoms with E-state index < -0.39 is 0 Å². The Bertz CT molecular complexity index is 584. The van der Waals surface area contributed by atoms with Crippen LogP contribution in [0, 0.1) is 11.8 Å². The molecule has 6 aliphatic heterocycles.